The Morgan fingerprint density at radius 2 is 2.29 bits per heavy atom. The van der Waals surface area contributed by atoms with E-state index >= 15 is 0 Å². The third kappa shape index (κ3) is 6.19. The van der Waals surface area contributed by atoms with Crippen molar-refractivity contribution >= 4 is 12.2 Å². The SMILES string of the molecule is COOSN(C)N. The summed E-state index contributed by atoms with van der Waals surface area (Å²) < 4.78 is 5.59. The Kier molecular flexibility index (Phi) is 4.47. The van der Waals surface area contributed by atoms with Crippen molar-refractivity contribution < 1.29 is 9.22 Å². The molecule has 0 aliphatic rings. The zero-order valence-electron chi connectivity index (χ0n) is 4.25. The van der Waals surface area contributed by atoms with Crippen LogP contribution in [0.4, 0.5) is 0 Å². The first-order chi connectivity index (χ1) is 3.27. The Hall–Kier alpha value is 0.190. The van der Waals surface area contributed by atoms with Gasteiger partial charge in [0, 0.05) is 7.05 Å². The first-order valence-corrected chi connectivity index (χ1v) is 2.33. The Morgan fingerprint density at radius 1 is 1.71 bits per heavy atom. The average molecular weight is 124 g/mol. The molecule has 5 heteroatoms. The zero-order valence-corrected chi connectivity index (χ0v) is 5.07. The molecular weight excluding hydrogens is 116 g/mol. The van der Waals surface area contributed by atoms with E-state index in [1.807, 2.05) is 0 Å². The molecule has 0 atom stereocenters. The van der Waals surface area contributed by atoms with E-state index in [-0.39, 0.29) is 0 Å². The van der Waals surface area contributed by atoms with Crippen LogP contribution >= 0.6 is 12.2 Å². The van der Waals surface area contributed by atoms with Gasteiger partial charge in [-0.25, -0.2) is 4.89 Å². The number of hydrogen-bond donors (Lipinski definition) is 1. The van der Waals surface area contributed by atoms with Crippen LogP contribution in [0, 0.1) is 0 Å². The van der Waals surface area contributed by atoms with E-state index in [9.17, 15) is 0 Å². The van der Waals surface area contributed by atoms with Crippen molar-refractivity contribution in [3.05, 3.63) is 0 Å². The third-order valence-electron chi connectivity index (χ3n) is 0.216. The maximum absolute atomic E-state index is 5.07. The largest absolute Gasteiger partial charge is 0.257 e. The van der Waals surface area contributed by atoms with Gasteiger partial charge in [-0.05, 0) is 0 Å². The van der Waals surface area contributed by atoms with Crippen LogP contribution in [-0.2, 0) is 9.22 Å². The summed E-state index contributed by atoms with van der Waals surface area (Å²) in [5.74, 6) is 5.07. The molecule has 0 aromatic carbocycles. The van der Waals surface area contributed by atoms with Crippen LogP contribution in [0.5, 0.6) is 0 Å². The Labute approximate surface area is 46.8 Å². The molecule has 0 aromatic heterocycles. The van der Waals surface area contributed by atoms with Gasteiger partial charge in [0.1, 0.15) is 12.2 Å². The van der Waals surface area contributed by atoms with Crippen molar-refractivity contribution in [3.63, 3.8) is 0 Å². The summed E-state index contributed by atoms with van der Waals surface area (Å²) >= 11 is 0.920. The van der Waals surface area contributed by atoms with Crippen LogP contribution in [0.3, 0.4) is 0 Å². The highest BCUT2D eigenvalue weighted by atomic mass is 32.2. The highest BCUT2D eigenvalue weighted by Gasteiger charge is 1.86. The van der Waals surface area contributed by atoms with E-state index in [1.165, 1.54) is 11.5 Å². The summed E-state index contributed by atoms with van der Waals surface area (Å²) in [5.41, 5.74) is 0. The van der Waals surface area contributed by atoms with Crippen molar-refractivity contribution in [3.8, 4) is 0 Å². The second kappa shape index (κ2) is 4.35. The molecule has 0 aliphatic carbocycles. The molecular formula is C2H8N2O2S. The number of nitrogens with two attached hydrogens (primary N) is 1. The molecule has 44 valence electrons. The van der Waals surface area contributed by atoms with Crippen LogP contribution < -0.4 is 5.84 Å². The van der Waals surface area contributed by atoms with Gasteiger partial charge in [-0.1, -0.05) is 0 Å². The first-order valence-electron chi connectivity index (χ1n) is 1.63. The lowest BCUT2D eigenvalue weighted by molar-refractivity contribution is -0.163. The van der Waals surface area contributed by atoms with Gasteiger partial charge in [-0.3, -0.25) is 5.84 Å². The van der Waals surface area contributed by atoms with Gasteiger partial charge in [0.05, 0.1) is 7.11 Å². The minimum Gasteiger partial charge on any atom is -0.257 e. The standard InChI is InChI=1S/C2H8N2O2S/c1-4(3)7-6-5-2/h3H2,1-2H3. The van der Waals surface area contributed by atoms with E-state index in [4.69, 9.17) is 5.84 Å². The van der Waals surface area contributed by atoms with E-state index in [2.05, 4.69) is 9.22 Å². The summed E-state index contributed by atoms with van der Waals surface area (Å²) in [6, 6.07) is 0. The Balaban J connectivity index is 2.68. The van der Waals surface area contributed by atoms with Crippen molar-refractivity contribution in [2.24, 2.45) is 5.84 Å². The maximum atomic E-state index is 5.07. The quantitative estimate of drug-likeness (QED) is 0.188. The lowest BCUT2D eigenvalue weighted by Crippen LogP contribution is -2.17. The molecule has 0 amide bonds. The molecule has 0 unspecified atom stereocenters. The fourth-order valence-electron chi connectivity index (χ4n) is 0.0784. The maximum Gasteiger partial charge on any atom is 0.135 e. The lowest BCUT2D eigenvalue weighted by Gasteiger charge is -2.02. The summed E-state index contributed by atoms with van der Waals surface area (Å²) in [5, 5.41) is 0. The lowest BCUT2D eigenvalue weighted by atomic mass is 11.5. The van der Waals surface area contributed by atoms with Crippen molar-refractivity contribution in [2.75, 3.05) is 14.2 Å². The van der Waals surface area contributed by atoms with Crippen LogP contribution in [0.2, 0.25) is 0 Å². The smallest absolute Gasteiger partial charge is 0.135 e. The molecule has 0 heterocycles. The minimum atomic E-state index is 0.920. The summed E-state index contributed by atoms with van der Waals surface area (Å²) in [6.07, 6.45) is 0. The monoisotopic (exact) mass is 124 g/mol. The molecule has 0 fully saturated rings. The predicted molar refractivity (Wildman–Crippen MR) is 27.6 cm³/mol. The Morgan fingerprint density at radius 3 is 2.43 bits per heavy atom. The van der Waals surface area contributed by atoms with E-state index in [1.54, 1.807) is 7.05 Å². The van der Waals surface area contributed by atoms with Gasteiger partial charge in [0.25, 0.3) is 0 Å². The molecule has 0 saturated carbocycles. The fourth-order valence-corrected chi connectivity index (χ4v) is 0.235. The third-order valence-corrected chi connectivity index (χ3v) is 0.648. The molecule has 0 spiro atoms. The molecule has 0 saturated heterocycles. The highest BCUT2D eigenvalue weighted by Crippen LogP contribution is 2.00. The number of hydrazine groups is 1. The van der Waals surface area contributed by atoms with Gasteiger partial charge in [0.2, 0.25) is 0 Å². The molecule has 7 heavy (non-hydrogen) atoms. The normalized spacial score (nSPS) is 10.3. The second-order valence-electron chi connectivity index (χ2n) is 0.855. The molecule has 2 N–H and O–H groups in total. The molecule has 0 aromatic rings. The second-order valence-corrected chi connectivity index (χ2v) is 1.72. The van der Waals surface area contributed by atoms with Crippen LogP contribution in [0.25, 0.3) is 0 Å². The Bertz CT molecular complexity index is 42.7. The highest BCUT2D eigenvalue weighted by molar-refractivity contribution is 7.92. The van der Waals surface area contributed by atoms with Gasteiger partial charge in [-0.2, -0.15) is 4.41 Å². The number of rotatable bonds is 3. The van der Waals surface area contributed by atoms with Gasteiger partial charge >= 0.3 is 0 Å². The van der Waals surface area contributed by atoms with Gasteiger partial charge < -0.3 is 0 Å². The topological polar surface area (TPSA) is 47.7 Å². The van der Waals surface area contributed by atoms with Gasteiger partial charge in [0.15, 0.2) is 0 Å². The van der Waals surface area contributed by atoms with Crippen molar-refractivity contribution in [2.45, 2.75) is 0 Å². The summed E-state index contributed by atoms with van der Waals surface area (Å²) in [6.45, 7) is 0. The summed E-state index contributed by atoms with van der Waals surface area (Å²) in [7, 11) is 3.06. The minimum absolute atomic E-state index is 0.920. The number of hydrogen-bond acceptors (Lipinski definition) is 5. The molecule has 0 radical (unpaired) electrons. The molecule has 4 nitrogen and oxygen atoms in total. The van der Waals surface area contributed by atoms with E-state index in [0.29, 0.717) is 0 Å². The fraction of sp³-hybridized carbons (Fsp3) is 1.00. The van der Waals surface area contributed by atoms with Crippen LogP contribution in [0.1, 0.15) is 0 Å². The van der Waals surface area contributed by atoms with Crippen LogP contribution in [0.15, 0.2) is 0 Å². The molecule has 0 bridgehead atoms. The molecule has 0 rings (SSSR count). The first kappa shape index (κ1) is 7.19. The van der Waals surface area contributed by atoms with Gasteiger partial charge in [-0.15, -0.1) is 4.33 Å². The van der Waals surface area contributed by atoms with Crippen LogP contribution in [-0.4, -0.2) is 18.6 Å². The number of nitrogens with zero attached hydrogens (tertiary/aromatic N) is 1. The molecule has 0 aliphatic heterocycles. The average Bonchev–Trinajstić information content (AvgIpc) is 1.61. The van der Waals surface area contributed by atoms with Crippen molar-refractivity contribution in [1.82, 2.24) is 4.41 Å². The summed E-state index contributed by atoms with van der Waals surface area (Å²) in [4.78, 5) is 4.19. The predicted octanol–water partition coefficient (Wildman–Crippen LogP) is -0.0669. The van der Waals surface area contributed by atoms with Crippen molar-refractivity contribution in [1.29, 1.82) is 0 Å². The van der Waals surface area contributed by atoms with E-state index in [0.717, 1.165) is 12.2 Å². The zero-order chi connectivity index (χ0) is 5.70. The van der Waals surface area contributed by atoms with E-state index < -0.39 is 0 Å².